The highest BCUT2D eigenvalue weighted by atomic mass is 16.6. The first-order valence-electron chi connectivity index (χ1n) is 6.59. The molecule has 1 amide bonds. The van der Waals surface area contributed by atoms with E-state index in [0.717, 1.165) is 0 Å². The number of rotatable bonds is 3. The van der Waals surface area contributed by atoms with Crippen LogP contribution in [0.1, 0.15) is 26.3 Å². The topological polar surface area (TPSA) is 86.6 Å². The summed E-state index contributed by atoms with van der Waals surface area (Å²) in [5, 5.41) is 2.30. The molecule has 0 atom stereocenters. The molecule has 7 nitrogen and oxygen atoms in total. The van der Waals surface area contributed by atoms with E-state index in [9.17, 15) is 14.4 Å². The summed E-state index contributed by atoms with van der Waals surface area (Å²) in [4.78, 5) is 35.5. The summed E-state index contributed by atoms with van der Waals surface area (Å²) in [5.41, 5.74) is -0.967. The molecule has 0 aliphatic rings. The van der Waals surface area contributed by atoms with E-state index in [1.54, 1.807) is 40.1 Å². The zero-order valence-electron chi connectivity index (χ0n) is 13.3. The Bertz CT molecular complexity index is 653. The number of hydrogen-bond donors (Lipinski definition) is 1. The molecule has 0 aromatic carbocycles. The first kappa shape index (κ1) is 17.5. The summed E-state index contributed by atoms with van der Waals surface area (Å²) in [7, 11) is 2.76. The molecule has 0 unspecified atom stereocenters. The third-order valence-electron chi connectivity index (χ3n) is 2.49. The second kappa shape index (κ2) is 6.93. The van der Waals surface area contributed by atoms with Crippen LogP contribution < -0.4 is 10.9 Å². The number of nitrogens with one attached hydrogen (secondary N) is 1. The van der Waals surface area contributed by atoms with Crippen molar-refractivity contribution in [2.75, 3.05) is 7.11 Å². The summed E-state index contributed by atoms with van der Waals surface area (Å²) in [6, 6.07) is 3.18. The molecule has 1 rings (SSSR count). The maximum Gasteiger partial charge on any atom is 0.412 e. The fourth-order valence-electron chi connectivity index (χ4n) is 1.55. The maximum absolute atomic E-state index is 12.0. The molecule has 0 radical (unpaired) electrons. The molecule has 1 N–H and O–H groups in total. The van der Waals surface area contributed by atoms with Crippen LogP contribution in [0.5, 0.6) is 0 Å². The largest absolute Gasteiger partial charge is 0.464 e. The number of nitrogens with zero attached hydrogens (tertiary/aromatic N) is 1. The highest BCUT2D eigenvalue weighted by Gasteiger charge is 2.20. The number of amides is 1. The van der Waals surface area contributed by atoms with E-state index in [-0.39, 0.29) is 16.8 Å². The molecule has 120 valence electrons. The highest BCUT2D eigenvalue weighted by molar-refractivity contribution is 5.96. The van der Waals surface area contributed by atoms with Gasteiger partial charge in [0, 0.05) is 18.8 Å². The Morgan fingerprint density at radius 3 is 2.50 bits per heavy atom. The van der Waals surface area contributed by atoms with Gasteiger partial charge in [-0.05, 0) is 39.0 Å². The Kier molecular flexibility index (Phi) is 5.50. The molecule has 0 aliphatic heterocycles. The predicted octanol–water partition coefficient (Wildman–Crippen LogP) is 1.42. The third-order valence-corrected chi connectivity index (χ3v) is 2.49. The van der Waals surface area contributed by atoms with Crippen LogP contribution in [-0.2, 0) is 21.3 Å². The lowest BCUT2D eigenvalue weighted by molar-refractivity contribution is -0.136. The van der Waals surface area contributed by atoms with Gasteiger partial charge in [-0.1, -0.05) is 0 Å². The Morgan fingerprint density at radius 2 is 1.95 bits per heavy atom. The van der Waals surface area contributed by atoms with E-state index in [0.29, 0.717) is 0 Å². The summed E-state index contributed by atoms with van der Waals surface area (Å²) in [6.07, 6.45) is 2.02. The zero-order valence-corrected chi connectivity index (χ0v) is 13.3. The van der Waals surface area contributed by atoms with E-state index >= 15 is 0 Å². The van der Waals surface area contributed by atoms with Crippen LogP contribution in [0.15, 0.2) is 28.8 Å². The Balaban J connectivity index is 3.11. The van der Waals surface area contributed by atoms with Crippen molar-refractivity contribution in [2.24, 2.45) is 7.05 Å². The van der Waals surface area contributed by atoms with Crippen LogP contribution in [0, 0.1) is 0 Å². The predicted molar refractivity (Wildman–Crippen MR) is 81.0 cm³/mol. The Hall–Kier alpha value is -2.57. The lowest BCUT2D eigenvalue weighted by atomic mass is 10.2. The average Bonchev–Trinajstić information content (AvgIpc) is 2.40. The zero-order chi connectivity index (χ0) is 16.9. The minimum atomic E-state index is -0.808. The van der Waals surface area contributed by atoms with Crippen molar-refractivity contribution in [1.29, 1.82) is 0 Å². The van der Waals surface area contributed by atoms with E-state index < -0.39 is 17.7 Å². The highest BCUT2D eigenvalue weighted by Crippen LogP contribution is 2.08. The molecule has 0 aliphatic carbocycles. The van der Waals surface area contributed by atoms with E-state index in [1.807, 2.05) is 0 Å². The van der Waals surface area contributed by atoms with Gasteiger partial charge in [-0.15, -0.1) is 0 Å². The van der Waals surface area contributed by atoms with E-state index in [2.05, 4.69) is 10.1 Å². The molecule has 22 heavy (non-hydrogen) atoms. The number of carbonyl (C=O) groups is 2. The molecule has 0 fully saturated rings. The van der Waals surface area contributed by atoms with Crippen LogP contribution in [0.2, 0.25) is 0 Å². The van der Waals surface area contributed by atoms with Crippen LogP contribution in [0.4, 0.5) is 4.79 Å². The SMILES string of the molecule is COC(=O)/C(=C/c1cccn(C)c1=O)NC(=O)OC(C)(C)C. The quantitative estimate of drug-likeness (QED) is 0.674. The van der Waals surface area contributed by atoms with Gasteiger partial charge in [-0.2, -0.15) is 0 Å². The van der Waals surface area contributed by atoms with Gasteiger partial charge in [0.1, 0.15) is 11.3 Å². The molecule has 7 heteroatoms. The van der Waals surface area contributed by atoms with Gasteiger partial charge in [0.15, 0.2) is 0 Å². The van der Waals surface area contributed by atoms with Gasteiger partial charge in [0.05, 0.1) is 7.11 Å². The van der Waals surface area contributed by atoms with Crippen molar-refractivity contribution in [3.05, 3.63) is 39.9 Å². The number of aromatic nitrogens is 1. The number of hydrogen-bond acceptors (Lipinski definition) is 5. The molecule has 0 saturated heterocycles. The standard InChI is InChI=1S/C15H20N2O5/c1-15(2,3)22-14(20)16-11(13(19)21-5)9-10-7-6-8-17(4)12(10)18/h6-9H,1-5H3,(H,16,20)/b11-9-. The molecule has 1 aromatic heterocycles. The first-order chi connectivity index (χ1) is 10.1. The first-order valence-corrected chi connectivity index (χ1v) is 6.59. The molecule has 1 aromatic rings. The second-order valence-corrected chi connectivity index (χ2v) is 5.56. The van der Waals surface area contributed by atoms with Crippen molar-refractivity contribution >= 4 is 18.1 Å². The fraction of sp³-hybridized carbons (Fsp3) is 0.400. The van der Waals surface area contributed by atoms with Crippen LogP contribution in [0.3, 0.4) is 0 Å². The smallest absolute Gasteiger partial charge is 0.412 e. The number of carbonyl (C=O) groups excluding carboxylic acids is 2. The van der Waals surface area contributed by atoms with E-state index in [1.165, 1.54) is 23.8 Å². The van der Waals surface area contributed by atoms with Gasteiger partial charge in [-0.3, -0.25) is 10.1 Å². The summed E-state index contributed by atoms with van der Waals surface area (Å²) < 4.78 is 11.0. The van der Waals surface area contributed by atoms with Crippen molar-refractivity contribution in [2.45, 2.75) is 26.4 Å². The summed E-state index contributed by atoms with van der Waals surface area (Å²) >= 11 is 0. The number of aryl methyl sites for hydroxylation is 1. The maximum atomic E-state index is 12.0. The molecular formula is C15H20N2O5. The van der Waals surface area contributed by atoms with Crippen molar-refractivity contribution < 1.29 is 19.1 Å². The number of esters is 1. The van der Waals surface area contributed by atoms with Gasteiger partial charge in [0.25, 0.3) is 5.56 Å². The van der Waals surface area contributed by atoms with Gasteiger partial charge >= 0.3 is 12.1 Å². The number of ether oxygens (including phenoxy) is 2. The average molecular weight is 308 g/mol. The van der Waals surface area contributed by atoms with E-state index in [4.69, 9.17) is 4.74 Å². The summed E-state index contributed by atoms with van der Waals surface area (Å²) in [5.74, 6) is -0.781. The molecular weight excluding hydrogens is 288 g/mol. The van der Waals surface area contributed by atoms with Crippen molar-refractivity contribution in [1.82, 2.24) is 9.88 Å². The lowest BCUT2D eigenvalue weighted by Crippen LogP contribution is -2.34. The normalized spacial score (nSPS) is 11.8. The second-order valence-electron chi connectivity index (χ2n) is 5.56. The monoisotopic (exact) mass is 308 g/mol. The Labute approximate surface area is 128 Å². The summed E-state index contributed by atoms with van der Waals surface area (Å²) in [6.45, 7) is 5.09. The van der Waals surface area contributed by atoms with Crippen molar-refractivity contribution in [3.63, 3.8) is 0 Å². The number of methoxy groups -OCH3 is 1. The fourth-order valence-corrected chi connectivity index (χ4v) is 1.55. The van der Waals surface area contributed by atoms with Crippen LogP contribution >= 0.6 is 0 Å². The Morgan fingerprint density at radius 1 is 1.32 bits per heavy atom. The third kappa shape index (κ3) is 5.08. The van der Waals surface area contributed by atoms with Crippen molar-refractivity contribution in [3.8, 4) is 0 Å². The number of alkyl carbamates (subject to hydrolysis) is 1. The molecule has 0 saturated carbocycles. The van der Waals surface area contributed by atoms with Gasteiger partial charge in [-0.25, -0.2) is 9.59 Å². The minimum absolute atomic E-state index is 0.181. The minimum Gasteiger partial charge on any atom is -0.464 e. The lowest BCUT2D eigenvalue weighted by Gasteiger charge is -2.20. The van der Waals surface area contributed by atoms with Gasteiger partial charge in [0.2, 0.25) is 0 Å². The molecule has 0 bridgehead atoms. The molecule has 0 spiro atoms. The van der Waals surface area contributed by atoms with Crippen LogP contribution in [0.25, 0.3) is 6.08 Å². The number of pyridine rings is 1. The van der Waals surface area contributed by atoms with Gasteiger partial charge < -0.3 is 14.0 Å². The molecule has 1 heterocycles. The van der Waals surface area contributed by atoms with Crippen LogP contribution in [-0.4, -0.2) is 29.3 Å².